The Morgan fingerprint density at radius 3 is 1.23 bits per heavy atom. The van der Waals surface area contributed by atoms with Crippen LogP contribution in [-0.2, 0) is 0 Å². The molecule has 2 aromatic rings. The summed E-state index contributed by atoms with van der Waals surface area (Å²) < 4.78 is 0. The Labute approximate surface area is 161 Å². The summed E-state index contributed by atoms with van der Waals surface area (Å²) in [5, 5.41) is 3.66. The van der Waals surface area contributed by atoms with Gasteiger partial charge in [0.15, 0.2) is 0 Å². The lowest BCUT2D eigenvalue weighted by molar-refractivity contribution is 1.17. The topological polar surface area (TPSA) is 0 Å². The molecular formula is C24H32Si2. The summed E-state index contributed by atoms with van der Waals surface area (Å²) in [6.45, 7) is 15.1. The summed E-state index contributed by atoms with van der Waals surface area (Å²) in [7, 11) is -2.61. The number of rotatable bonds is 4. The molecule has 0 aliphatic heterocycles. The number of hydrogen-bond donors (Lipinski definition) is 0. The van der Waals surface area contributed by atoms with Crippen molar-refractivity contribution in [1.82, 2.24) is 0 Å². The van der Waals surface area contributed by atoms with Crippen molar-refractivity contribution < 1.29 is 0 Å². The van der Waals surface area contributed by atoms with E-state index in [-0.39, 0.29) is 0 Å². The maximum Gasteiger partial charge on any atom is 0.0723 e. The maximum absolute atomic E-state index is 2.52. The average Bonchev–Trinajstić information content (AvgIpc) is 3.03. The molecule has 2 heteroatoms. The second kappa shape index (κ2) is 7.17. The molecule has 1 aliphatic carbocycles. The predicted molar refractivity (Wildman–Crippen MR) is 122 cm³/mol. The van der Waals surface area contributed by atoms with Crippen molar-refractivity contribution in [2.45, 2.75) is 52.1 Å². The normalized spacial score (nSPS) is 15.5. The molecule has 0 unspecified atom stereocenters. The molecule has 0 saturated heterocycles. The zero-order valence-electron chi connectivity index (χ0n) is 17.2. The van der Waals surface area contributed by atoms with Crippen LogP contribution in [0.4, 0.5) is 0 Å². The highest BCUT2D eigenvalue weighted by Gasteiger charge is 2.36. The molecule has 0 amide bonds. The molecule has 0 fully saturated rings. The van der Waals surface area contributed by atoms with E-state index in [0.29, 0.717) is 0 Å². The maximum atomic E-state index is 2.52. The Morgan fingerprint density at radius 1 is 0.577 bits per heavy atom. The monoisotopic (exact) mass is 376 g/mol. The van der Waals surface area contributed by atoms with Crippen LogP contribution in [0, 0.1) is 0 Å². The Bertz CT molecular complexity index is 760. The van der Waals surface area contributed by atoms with Crippen LogP contribution in [0.1, 0.15) is 24.0 Å². The Balaban J connectivity index is 2.18. The van der Waals surface area contributed by atoms with Crippen LogP contribution in [0.3, 0.4) is 0 Å². The fourth-order valence-corrected chi connectivity index (χ4v) is 9.82. The van der Waals surface area contributed by atoms with Crippen LogP contribution in [0.2, 0.25) is 39.3 Å². The predicted octanol–water partition coefficient (Wildman–Crippen LogP) is 7.33. The largest absolute Gasteiger partial charge is 0.0812 e. The van der Waals surface area contributed by atoms with Gasteiger partial charge in [0.05, 0.1) is 16.1 Å². The van der Waals surface area contributed by atoms with E-state index in [1.54, 1.807) is 5.57 Å². The molecular weight excluding hydrogens is 344 g/mol. The number of hydrogen-bond acceptors (Lipinski definition) is 0. The Kier molecular flexibility index (Phi) is 5.27. The summed E-state index contributed by atoms with van der Waals surface area (Å²) in [5.41, 5.74) is 5.83. The van der Waals surface area contributed by atoms with Gasteiger partial charge in [0.25, 0.3) is 0 Å². The minimum atomic E-state index is -1.31. The van der Waals surface area contributed by atoms with Crippen molar-refractivity contribution in [2.75, 3.05) is 0 Å². The fraction of sp³-hybridized carbons (Fsp3) is 0.333. The van der Waals surface area contributed by atoms with E-state index in [0.717, 1.165) is 0 Å². The molecule has 0 saturated carbocycles. The van der Waals surface area contributed by atoms with Crippen molar-refractivity contribution in [3.63, 3.8) is 0 Å². The molecule has 0 N–H and O–H groups in total. The first-order valence-corrected chi connectivity index (χ1v) is 16.7. The van der Waals surface area contributed by atoms with Crippen LogP contribution in [0.25, 0.3) is 5.57 Å². The van der Waals surface area contributed by atoms with Gasteiger partial charge in [0.1, 0.15) is 0 Å². The third kappa shape index (κ3) is 4.02. The van der Waals surface area contributed by atoms with Crippen molar-refractivity contribution in [2.24, 2.45) is 0 Å². The first-order chi connectivity index (χ1) is 12.2. The van der Waals surface area contributed by atoms with Crippen LogP contribution in [0.5, 0.6) is 0 Å². The van der Waals surface area contributed by atoms with Crippen LogP contribution < -0.4 is 0 Å². The highest BCUT2D eigenvalue weighted by Crippen LogP contribution is 2.45. The minimum absolute atomic E-state index is 1.19. The smallest absolute Gasteiger partial charge is 0.0723 e. The third-order valence-electron chi connectivity index (χ3n) is 5.43. The minimum Gasteiger partial charge on any atom is -0.0812 e. The van der Waals surface area contributed by atoms with Gasteiger partial charge in [-0.2, -0.15) is 0 Å². The molecule has 0 bridgehead atoms. The zero-order valence-corrected chi connectivity index (χ0v) is 19.2. The summed E-state index contributed by atoms with van der Waals surface area (Å²) in [4.78, 5) is 0. The van der Waals surface area contributed by atoms with Crippen molar-refractivity contribution in [3.8, 4) is 0 Å². The van der Waals surface area contributed by atoms with Gasteiger partial charge in [-0.15, -0.1) is 0 Å². The SMILES string of the molecule is C[Si](C)(C)C1=C([Si](C)(C)C)CC(=C(c2ccccc2)c2ccccc2)C1. The van der Waals surface area contributed by atoms with Gasteiger partial charge in [-0.25, -0.2) is 0 Å². The van der Waals surface area contributed by atoms with Gasteiger partial charge in [0, 0.05) is 0 Å². The molecule has 0 nitrogen and oxygen atoms in total. The summed E-state index contributed by atoms with van der Waals surface area (Å²) >= 11 is 0. The van der Waals surface area contributed by atoms with E-state index in [2.05, 4.69) is 99.9 Å². The molecule has 1 aliphatic rings. The number of benzene rings is 2. The van der Waals surface area contributed by atoms with E-state index >= 15 is 0 Å². The van der Waals surface area contributed by atoms with E-state index in [1.165, 1.54) is 29.5 Å². The van der Waals surface area contributed by atoms with Gasteiger partial charge in [-0.1, -0.05) is 116 Å². The van der Waals surface area contributed by atoms with E-state index in [4.69, 9.17) is 0 Å². The van der Waals surface area contributed by atoms with Crippen LogP contribution >= 0.6 is 0 Å². The number of allylic oxidation sites excluding steroid dienone is 3. The Hall–Kier alpha value is -1.65. The molecule has 0 spiro atoms. The summed E-state index contributed by atoms with van der Waals surface area (Å²) in [5.74, 6) is 0. The zero-order chi connectivity index (χ0) is 18.9. The highest BCUT2D eigenvalue weighted by molar-refractivity contribution is 6.89. The molecule has 0 aromatic heterocycles. The lowest BCUT2D eigenvalue weighted by atomic mass is 9.92. The van der Waals surface area contributed by atoms with E-state index in [9.17, 15) is 0 Å². The second-order valence-electron chi connectivity index (χ2n) is 9.52. The average molecular weight is 377 g/mol. The quantitative estimate of drug-likeness (QED) is 0.490. The van der Waals surface area contributed by atoms with Crippen molar-refractivity contribution >= 4 is 21.7 Å². The van der Waals surface area contributed by atoms with Gasteiger partial charge in [-0.05, 0) is 29.5 Å². The molecule has 2 aromatic carbocycles. The molecule has 0 radical (unpaired) electrons. The van der Waals surface area contributed by atoms with Gasteiger partial charge >= 0.3 is 0 Å². The standard InChI is InChI=1S/C24H32Si2/c1-25(2,3)22-17-21(18-23(22)26(4,5)6)24(19-13-9-7-10-14-19)20-15-11-8-12-16-20/h7-16H,17-18H2,1-6H3. The lowest BCUT2D eigenvalue weighted by Crippen LogP contribution is -2.31. The fourth-order valence-electron chi connectivity index (χ4n) is 4.10. The Morgan fingerprint density at radius 2 is 0.923 bits per heavy atom. The van der Waals surface area contributed by atoms with Gasteiger partial charge in [-0.3, -0.25) is 0 Å². The molecule has 3 rings (SSSR count). The first kappa shape index (κ1) is 19.1. The molecule has 0 atom stereocenters. The van der Waals surface area contributed by atoms with Crippen molar-refractivity contribution in [1.29, 1.82) is 0 Å². The molecule has 136 valence electrons. The van der Waals surface area contributed by atoms with E-state index < -0.39 is 16.1 Å². The highest BCUT2D eigenvalue weighted by atomic mass is 28.3. The molecule has 0 heterocycles. The van der Waals surface area contributed by atoms with Gasteiger partial charge in [0.2, 0.25) is 0 Å². The van der Waals surface area contributed by atoms with Crippen LogP contribution in [-0.4, -0.2) is 16.1 Å². The summed E-state index contributed by atoms with van der Waals surface area (Å²) in [6, 6.07) is 22.0. The van der Waals surface area contributed by atoms with E-state index in [1.807, 2.05) is 10.4 Å². The van der Waals surface area contributed by atoms with Gasteiger partial charge < -0.3 is 0 Å². The second-order valence-corrected chi connectivity index (χ2v) is 19.7. The first-order valence-electron chi connectivity index (χ1n) is 9.74. The van der Waals surface area contributed by atoms with Crippen molar-refractivity contribution in [3.05, 3.63) is 87.8 Å². The summed E-state index contributed by atoms with van der Waals surface area (Å²) in [6.07, 6.45) is 2.38. The molecule has 26 heavy (non-hydrogen) atoms. The third-order valence-corrected chi connectivity index (χ3v) is 10.3. The lowest BCUT2D eigenvalue weighted by Gasteiger charge is -2.26. The van der Waals surface area contributed by atoms with Crippen LogP contribution in [0.15, 0.2) is 76.6 Å².